The quantitative estimate of drug-likeness (QED) is 0.598. The maximum Gasteiger partial charge on any atom is 0.342 e. The standard InChI is InChI=1S/C11H16O4/c1-3-4-7-14-11(13)10(12)9-6-5-8(2)15-9/h5-6,10,12H,3-4,7H2,1-2H3. The molecular formula is C11H16O4. The van der Waals surface area contributed by atoms with Crippen LogP contribution in [0.25, 0.3) is 0 Å². The molecule has 1 atom stereocenters. The average molecular weight is 212 g/mol. The molecule has 0 aliphatic rings. The van der Waals surface area contributed by atoms with E-state index in [-0.39, 0.29) is 5.76 Å². The predicted molar refractivity (Wildman–Crippen MR) is 54.3 cm³/mol. The van der Waals surface area contributed by atoms with Crippen molar-refractivity contribution in [3.05, 3.63) is 23.7 Å². The molecule has 0 aliphatic carbocycles. The van der Waals surface area contributed by atoms with Crippen molar-refractivity contribution < 1.29 is 19.1 Å². The monoisotopic (exact) mass is 212 g/mol. The number of hydrogen-bond acceptors (Lipinski definition) is 4. The fourth-order valence-electron chi connectivity index (χ4n) is 1.11. The summed E-state index contributed by atoms with van der Waals surface area (Å²) in [4.78, 5) is 11.3. The van der Waals surface area contributed by atoms with Crippen LogP contribution in [0.5, 0.6) is 0 Å². The lowest BCUT2D eigenvalue weighted by atomic mass is 10.3. The van der Waals surface area contributed by atoms with E-state index < -0.39 is 12.1 Å². The van der Waals surface area contributed by atoms with Gasteiger partial charge in [0.2, 0.25) is 6.10 Å². The number of carbonyl (C=O) groups is 1. The highest BCUT2D eigenvalue weighted by Crippen LogP contribution is 2.17. The molecule has 0 amide bonds. The molecule has 1 unspecified atom stereocenters. The Balaban J connectivity index is 2.46. The maximum absolute atomic E-state index is 11.3. The number of ether oxygens (including phenoxy) is 1. The Morgan fingerprint density at radius 3 is 2.87 bits per heavy atom. The molecule has 84 valence electrons. The molecule has 1 rings (SSSR count). The number of esters is 1. The zero-order valence-corrected chi connectivity index (χ0v) is 9.03. The van der Waals surface area contributed by atoms with E-state index in [2.05, 4.69) is 0 Å². The van der Waals surface area contributed by atoms with Gasteiger partial charge in [-0.3, -0.25) is 0 Å². The Hall–Kier alpha value is -1.29. The van der Waals surface area contributed by atoms with Gasteiger partial charge in [-0.05, 0) is 25.5 Å². The van der Waals surface area contributed by atoms with Crippen molar-refractivity contribution in [1.29, 1.82) is 0 Å². The summed E-state index contributed by atoms with van der Waals surface area (Å²) in [6, 6.07) is 3.26. The van der Waals surface area contributed by atoms with Crippen LogP contribution in [0.2, 0.25) is 0 Å². The summed E-state index contributed by atoms with van der Waals surface area (Å²) in [7, 11) is 0. The third-order valence-electron chi connectivity index (χ3n) is 2.00. The first-order valence-corrected chi connectivity index (χ1v) is 5.06. The fourth-order valence-corrected chi connectivity index (χ4v) is 1.11. The lowest BCUT2D eigenvalue weighted by molar-refractivity contribution is -0.155. The smallest absolute Gasteiger partial charge is 0.342 e. The van der Waals surface area contributed by atoms with Crippen molar-refractivity contribution in [3.63, 3.8) is 0 Å². The minimum atomic E-state index is -1.31. The van der Waals surface area contributed by atoms with Gasteiger partial charge in [-0.25, -0.2) is 4.79 Å². The minimum Gasteiger partial charge on any atom is -0.463 e. The maximum atomic E-state index is 11.3. The van der Waals surface area contributed by atoms with Gasteiger partial charge in [0.15, 0.2) is 0 Å². The van der Waals surface area contributed by atoms with Gasteiger partial charge in [-0.1, -0.05) is 13.3 Å². The van der Waals surface area contributed by atoms with Gasteiger partial charge in [-0.15, -0.1) is 0 Å². The number of aliphatic hydroxyl groups excluding tert-OH is 1. The van der Waals surface area contributed by atoms with E-state index in [0.717, 1.165) is 12.8 Å². The highest BCUT2D eigenvalue weighted by atomic mass is 16.5. The molecule has 0 bridgehead atoms. The van der Waals surface area contributed by atoms with Gasteiger partial charge in [0.25, 0.3) is 0 Å². The van der Waals surface area contributed by atoms with E-state index in [0.29, 0.717) is 12.4 Å². The van der Waals surface area contributed by atoms with Crippen LogP contribution >= 0.6 is 0 Å². The first kappa shape index (κ1) is 11.8. The van der Waals surface area contributed by atoms with Gasteiger partial charge in [0, 0.05) is 0 Å². The summed E-state index contributed by atoms with van der Waals surface area (Å²) in [5.41, 5.74) is 0. The van der Waals surface area contributed by atoms with Crippen LogP contribution in [0.1, 0.15) is 37.4 Å². The number of aryl methyl sites for hydroxylation is 1. The van der Waals surface area contributed by atoms with E-state index in [1.165, 1.54) is 0 Å². The summed E-state index contributed by atoms with van der Waals surface area (Å²) in [6.45, 7) is 4.09. The highest BCUT2D eigenvalue weighted by Gasteiger charge is 2.21. The molecule has 0 radical (unpaired) electrons. The Bertz CT molecular complexity index is 316. The summed E-state index contributed by atoms with van der Waals surface area (Å²) in [5.74, 6) is 0.234. The molecule has 0 fully saturated rings. The number of aliphatic hydroxyl groups is 1. The van der Waals surface area contributed by atoms with Crippen molar-refractivity contribution in [1.82, 2.24) is 0 Å². The summed E-state index contributed by atoms with van der Waals surface area (Å²) in [5, 5.41) is 9.53. The normalized spacial score (nSPS) is 12.5. The molecule has 1 aromatic heterocycles. The number of rotatable bonds is 5. The van der Waals surface area contributed by atoms with Crippen LogP contribution in [0.4, 0.5) is 0 Å². The first-order chi connectivity index (χ1) is 7.15. The highest BCUT2D eigenvalue weighted by molar-refractivity contribution is 5.75. The molecule has 0 aromatic carbocycles. The van der Waals surface area contributed by atoms with Gasteiger partial charge >= 0.3 is 5.97 Å². The Kier molecular flexibility index (Phi) is 4.37. The summed E-state index contributed by atoms with van der Waals surface area (Å²) < 4.78 is 9.98. The molecule has 0 spiro atoms. The zero-order chi connectivity index (χ0) is 11.3. The summed E-state index contributed by atoms with van der Waals surface area (Å²) >= 11 is 0. The largest absolute Gasteiger partial charge is 0.463 e. The van der Waals surface area contributed by atoms with Gasteiger partial charge in [0.1, 0.15) is 11.5 Å². The topological polar surface area (TPSA) is 59.7 Å². The van der Waals surface area contributed by atoms with Gasteiger partial charge in [-0.2, -0.15) is 0 Å². The van der Waals surface area contributed by atoms with Crippen molar-refractivity contribution in [2.75, 3.05) is 6.61 Å². The third-order valence-corrected chi connectivity index (χ3v) is 2.00. The van der Waals surface area contributed by atoms with Crippen molar-refractivity contribution >= 4 is 5.97 Å². The van der Waals surface area contributed by atoms with Crippen LogP contribution in [0, 0.1) is 6.92 Å². The second kappa shape index (κ2) is 5.56. The minimum absolute atomic E-state index is 0.231. The number of hydrogen-bond donors (Lipinski definition) is 1. The van der Waals surface area contributed by atoms with E-state index in [1.807, 2.05) is 6.92 Å². The van der Waals surface area contributed by atoms with Crippen LogP contribution < -0.4 is 0 Å². The van der Waals surface area contributed by atoms with Gasteiger partial charge < -0.3 is 14.3 Å². The molecule has 15 heavy (non-hydrogen) atoms. The Morgan fingerprint density at radius 2 is 2.33 bits per heavy atom. The summed E-state index contributed by atoms with van der Waals surface area (Å²) in [6.07, 6.45) is 0.439. The van der Waals surface area contributed by atoms with Crippen LogP contribution in [0.15, 0.2) is 16.5 Å². The lowest BCUT2D eigenvalue weighted by Gasteiger charge is -2.07. The van der Waals surface area contributed by atoms with E-state index in [4.69, 9.17) is 9.15 Å². The lowest BCUT2D eigenvalue weighted by Crippen LogP contribution is -2.15. The van der Waals surface area contributed by atoms with Crippen LogP contribution in [-0.2, 0) is 9.53 Å². The Labute approximate surface area is 88.8 Å². The van der Waals surface area contributed by atoms with Crippen molar-refractivity contribution in [3.8, 4) is 0 Å². The molecule has 0 aliphatic heterocycles. The molecule has 4 nitrogen and oxygen atoms in total. The predicted octanol–water partition coefficient (Wildman–Crippen LogP) is 1.96. The molecule has 1 aromatic rings. The van der Waals surface area contributed by atoms with Crippen molar-refractivity contribution in [2.45, 2.75) is 32.8 Å². The van der Waals surface area contributed by atoms with Crippen LogP contribution in [-0.4, -0.2) is 17.7 Å². The molecule has 4 heteroatoms. The first-order valence-electron chi connectivity index (χ1n) is 5.06. The second-order valence-electron chi connectivity index (χ2n) is 3.37. The second-order valence-corrected chi connectivity index (χ2v) is 3.37. The van der Waals surface area contributed by atoms with Crippen molar-refractivity contribution in [2.24, 2.45) is 0 Å². The SMILES string of the molecule is CCCCOC(=O)C(O)c1ccc(C)o1. The van der Waals surface area contributed by atoms with Crippen LogP contribution in [0.3, 0.4) is 0 Å². The van der Waals surface area contributed by atoms with E-state index in [1.54, 1.807) is 19.1 Å². The molecule has 1 N–H and O–H groups in total. The molecule has 1 heterocycles. The average Bonchev–Trinajstić information content (AvgIpc) is 2.64. The molecule has 0 saturated heterocycles. The number of unbranched alkanes of at least 4 members (excludes halogenated alkanes) is 1. The Morgan fingerprint density at radius 1 is 1.60 bits per heavy atom. The number of carbonyl (C=O) groups excluding carboxylic acids is 1. The molecular weight excluding hydrogens is 196 g/mol. The molecule has 0 saturated carbocycles. The zero-order valence-electron chi connectivity index (χ0n) is 9.03. The third kappa shape index (κ3) is 3.40. The number of furan rings is 1. The fraction of sp³-hybridized carbons (Fsp3) is 0.545. The van der Waals surface area contributed by atoms with E-state index >= 15 is 0 Å². The van der Waals surface area contributed by atoms with E-state index in [9.17, 15) is 9.90 Å². The van der Waals surface area contributed by atoms with Gasteiger partial charge in [0.05, 0.1) is 6.61 Å².